The number of amides is 2. The number of nitrogens with zero attached hydrogens (tertiary/aromatic N) is 4. The Morgan fingerprint density at radius 1 is 0.566 bits per heavy atom. The van der Waals surface area contributed by atoms with Gasteiger partial charge in [0.1, 0.15) is 18.9 Å². The highest BCUT2D eigenvalue weighted by Gasteiger charge is 2.22. The zero-order valence-corrected chi connectivity index (χ0v) is 30.3. The van der Waals surface area contributed by atoms with E-state index in [2.05, 4.69) is 9.97 Å². The first-order chi connectivity index (χ1) is 25.9. The number of carbonyl (C=O) groups is 4. The molecule has 10 nitrogen and oxygen atoms in total. The smallest absolute Gasteiger partial charge is 0.410 e. The van der Waals surface area contributed by atoms with Crippen molar-refractivity contribution < 1.29 is 28.7 Å². The first kappa shape index (κ1) is 36.8. The van der Waals surface area contributed by atoms with Crippen LogP contribution in [0.25, 0.3) is 0 Å². The van der Waals surface area contributed by atoms with Gasteiger partial charge in [0.15, 0.2) is 5.78 Å². The molecule has 0 aliphatic heterocycles. The van der Waals surface area contributed by atoms with Crippen LogP contribution in [0.3, 0.4) is 0 Å². The number of rotatable bonds is 16. The minimum Gasteiger partial charge on any atom is -0.444 e. The van der Waals surface area contributed by atoms with E-state index in [1.165, 1.54) is 22.7 Å². The Morgan fingerprint density at radius 2 is 1.09 bits per heavy atom. The molecular weight excluding hydrogens is 709 g/mol. The molecule has 0 aliphatic carbocycles. The monoisotopic (exact) mass is 744 g/mol. The molecular formula is C41H36N4O6S2. The summed E-state index contributed by atoms with van der Waals surface area (Å²) in [5.74, 6) is -0.347. The van der Waals surface area contributed by atoms with Gasteiger partial charge >= 0.3 is 12.2 Å². The first-order valence-corrected chi connectivity index (χ1v) is 18.7. The lowest BCUT2D eigenvalue weighted by molar-refractivity contribution is 0.0843. The Labute approximate surface area is 315 Å². The van der Waals surface area contributed by atoms with Crippen LogP contribution in [0, 0.1) is 0 Å². The summed E-state index contributed by atoms with van der Waals surface area (Å²) in [4.78, 5) is 66.0. The molecule has 53 heavy (non-hydrogen) atoms. The van der Waals surface area contributed by atoms with Crippen molar-refractivity contribution >= 4 is 46.4 Å². The number of hydrogen-bond acceptors (Lipinski definition) is 10. The molecule has 4 aromatic carbocycles. The molecule has 2 aromatic heterocycles. The highest BCUT2D eigenvalue weighted by atomic mass is 32.1. The molecule has 2 heterocycles. The largest absolute Gasteiger partial charge is 0.444 e. The highest BCUT2D eigenvalue weighted by molar-refractivity contribution is 7.10. The maximum atomic E-state index is 13.7. The van der Waals surface area contributed by atoms with Crippen molar-refractivity contribution in [2.75, 3.05) is 13.1 Å². The van der Waals surface area contributed by atoms with Crippen LogP contribution in [0.2, 0.25) is 0 Å². The molecule has 268 valence electrons. The lowest BCUT2D eigenvalue weighted by atomic mass is 10.0. The summed E-state index contributed by atoms with van der Waals surface area (Å²) in [6.45, 7) is 1.04. The third kappa shape index (κ3) is 10.3. The molecule has 0 fully saturated rings. The first-order valence-electron chi connectivity index (χ1n) is 16.9. The summed E-state index contributed by atoms with van der Waals surface area (Å²) in [6.07, 6.45) is 1.01. The molecule has 12 heteroatoms. The molecule has 0 radical (unpaired) electrons. The van der Waals surface area contributed by atoms with Gasteiger partial charge in [-0.05, 0) is 17.5 Å². The predicted octanol–water partition coefficient (Wildman–Crippen LogP) is 8.43. The zero-order valence-electron chi connectivity index (χ0n) is 28.7. The van der Waals surface area contributed by atoms with E-state index in [0.717, 1.165) is 16.0 Å². The Bertz CT molecular complexity index is 2090. The third-order valence-electron chi connectivity index (χ3n) is 8.25. The molecule has 0 N–H and O–H groups in total. The second-order valence-electron chi connectivity index (χ2n) is 12.0. The highest BCUT2D eigenvalue weighted by Crippen LogP contribution is 2.20. The number of aromatic nitrogens is 2. The number of ketones is 2. The molecule has 2 amide bonds. The summed E-state index contributed by atoms with van der Waals surface area (Å²) in [6, 6.07) is 34.6. The van der Waals surface area contributed by atoms with Crippen molar-refractivity contribution in [3.63, 3.8) is 0 Å². The minimum atomic E-state index is -0.594. The number of thiazole rings is 2. The Morgan fingerprint density at radius 3 is 1.68 bits per heavy atom. The van der Waals surface area contributed by atoms with Crippen molar-refractivity contribution in [3.05, 3.63) is 176 Å². The second-order valence-corrected chi connectivity index (χ2v) is 13.9. The van der Waals surface area contributed by atoms with Gasteiger partial charge in [0.05, 0.1) is 20.8 Å². The average Bonchev–Trinajstić information content (AvgIpc) is 3.92. The molecule has 0 unspecified atom stereocenters. The fourth-order valence-electron chi connectivity index (χ4n) is 5.50. The molecule has 0 atom stereocenters. The second kappa shape index (κ2) is 18.5. The van der Waals surface area contributed by atoms with Crippen LogP contribution in [0.5, 0.6) is 0 Å². The van der Waals surface area contributed by atoms with E-state index in [9.17, 15) is 19.2 Å². The van der Waals surface area contributed by atoms with Crippen LogP contribution in [0.15, 0.2) is 132 Å². The van der Waals surface area contributed by atoms with Crippen LogP contribution >= 0.6 is 22.7 Å². The van der Waals surface area contributed by atoms with E-state index in [-0.39, 0.29) is 43.6 Å². The Kier molecular flexibility index (Phi) is 12.8. The van der Waals surface area contributed by atoms with Gasteiger partial charge in [-0.1, -0.05) is 115 Å². The van der Waals surface area contributed by atoms with Crippen molar-refractivity contribution in [2.45, 2.75) is 32.7 Å². The molecule has 6 aromatic rings. The van der Waals surface area contributed by atoms with E-state index >= 15 is 0 Å². The average molecular weight is 745 g/mol. The molecule has 0 saturated carbocycles. The van der Waals surface area contributed by atoms with Crippen LogP contribution in [0.1, 0.15) is 59.3 Å². The molecule has 0 aliphatic rings. The van der Waals surface area contributed by atoms with Gasteiger partial charge in [-0.3, -0.25) is 14.6 Å². The topological polar surface area (TPSA) is 119 Å². The van der Waals surface area contributed by atoms with Crippen molar-refractivity contribution in [1.29, 1.82) is 0 Å². The summed E-state index contributed by atoms with van der Waals surface area (Å²) < 4.78 is 11.4. The predicted molar refractivity (Wildman–Crippen MR) is 203 cm³/mol. The Hall–Kier alpha value is -5.98. The molecule has 6 rings (SSSR count). The number of hydrogen-bond donors (Lipinski definition) is 0. The number of carbonyl (C=O) groups excluding carboxylic acids is 4. The fraction of sp³-hybridized carbons (Fsp3) is 0.171. The quantitative estimate of drug-likeness (QED) is 0.0907. The number of benzene rings is 4. The summed E-state index contributed by atoms with van der Waals surface area (Å²) >= 11 is 2.65. The van der Waals surface area contributed by atoms with E-state index in [1.807, 2.05) is 66.7 Å². The standard InChI is InChI=1S/C41H36N4O6S2/c46-38(32-13-6-2-7-14-32)34-19-17-31(18-20-34)25-45(41(49)51-27-36-37(43-29-53-36)39(47)33-15-8-3-9-16-33)22-10-21-44(24-30-11-4-1-5-12-30)40(48)50-26-35-23-42-28-52-35/h1-9,11-20,23,28-29H,10,21-22,24-27H2. The van der Waals surface area contributed by atoms with Gasteiger partial charge in [-0.2, -0.15) is 0 Å². The lowest BCUT2D eigenvalue weighted by Crippen LogP contribution is -2.36. The molecule has 0 saturated heterocycles. The van der Waals surface area contributed by atoms with E-state index in [0.29, 0.717) is 41.1 Å². The van der Waals surface area contributed by atoms with Crippen molar-refractivity contribution in [1.82, 2.24) is 19.8 Å². The van der Waals surface area contributed by atoms with Crippen molar-refractivity contribution in [2.24, 2.45) is 0 Å². The fourth-order valence-corrected chi connectivity index (χ4v) is 6.68. The van der Waals surface area contributed by atoms with Crippen LogP contribution in [-0.4, -0.2) is 56.6 Å². The van der Waals surface area contributed by atoms with E-state index in [1.54, 1.807) is 75.5 Å². The maximum Gasteiger partial charge on any atom is 0.410 e. The maximum absolute atomic E-state index is 13.7. The molecule has 0 spiro atoms. The third-order valence-corrected chi connectivity index (χ3v) is 9.81. The van der Waals surface area contributed by atoms with Gasteiger partial charge in [0, 0.05) is 49.1 Å². The Balaban J connectivity index is 1.15. The summed E-state index contributed by atoms with van der Waals surface area (Å²) in [5, 5.41) is 0. The normalized spacial score (nSPS) is 10.7. The van der Waals surface area contributed by atoms with Crippen LogP contribution in [0.4, 0.5) is 9.59 Å². The van der Waals surface area contributed by atoms with Gasteiger partial charge in [0.25, 0.3) is 0 Å². The van der Waals surface area contributed by atoms with Crippen LogP contribution < -0.4 is 0 Å². The minimum absolute atomic E-state index is 0.0976. The van der Waals surface area contributed by atoms with E-state index < -0.39 is 12.2 Å². The van der Waals surface area contributed by atoms with Gasteiger partial charge in [0.2, 0.25) is 5.78 Å². The van der Waals surface area contributed by atoms with Crippen LogP contribution in [-0.2, 0) is 35.8 Å². The van der Waals surface area contributed by atoms with E-state index in [4.69, 9.17) is 9.47 Å². The SMILES string of the molecule is O=C(c1ccccc1)c1ccc(CN(CCCN(Cc2ccccc2)C(=O)OCc2cncs2)C(=O)OCc2scnc2C(=O)c2ccccc2)cc1. The lowest BCUT2D eigenvalue weighted by Gasteiger charge is -2.26. The van der Waals surface area contributed by atoms with Crippen molar-refractivity contribution in [3.8, 4) is 0 Å². The zero-order chi connectivity index (χ0) is 36.8. The molecule has 0 bridgehead atoms. The summed E-state index contributed by atoms with van der Waals surface area (Å²) in [5.41, 5.74) is 6.82. The van der Waals surface area contributed by atoms with Gasteiger partial charge < -0.3 is 19.3 Å². The number of ether oxygens (including phenoxy) is 2. The van der Waals surface area contributed by atoms with Gasteiger partial charge in [-0.25, -0.2) is 14.6 Å². The summed E-state index contributed by atoms with van der Waals surface area (Å²) in [7, 11) is 0. The van der Waals surface area contributed by atoms with Gasteiger partial charge in [-0.15, -0.1) is 22.7 Å².